The molecule has 0 aliphatic heterocycles. The van der Waals surface area contributed by atoms with Gasteiger partial charge in [-0.25, -0.2) is 4.98 Å². The first-order valence-electron chi connectivity index (χ1n) is 5.27. The Morgan fingerprint density at radius 2 is 2.06 bits per heavy atom. The average molecular weight is 276 g/mol. The van der Waals surface area contributed by atoms with Gasteiger partial charge in [-0.1, -0.05) is 24.4 Å². The molecule has 0 saturated carbocycles. The van der Waals surface area contributed by atoms with Crippen molar-refractivity contribution in [2.75, 3.05) is 6.26 Å². The SMILES string of the molecule is CSc1ccccc1Oc1ccc(C(N)=S)nc1. The number of nitrogens with two attached hydrogens (primary N) is 1. The summed E-state index contributed by atoms with van der Waals surface area (Å²) in [6.45, 7) is 0. The zero-order valence-electron chi connectivity index (χ0n) is 9.79. The summed E-state index contributed by atoms with van der Waals surface area (Å²) in [4.78, 5) is 5.49. The summed E-state index contributed by atoms with van der Waals surface area (Å²) in [5.41, 5.74) is 6.08. The van der Waals surface area contributed by atoms with Crippen LogP contribution in [0.15, 0.2) is 47.5 Å². The smallest absolute Gasteiger partial charge is 0.145 e. The molecule has 0 aliphatic carbocycles. The second-order valence-electron chi connectivity index (χ2n) is 3.50. The molecular weight excluding hydrogens is 264 g/mol. The van der Waals surface area contributed by atoms with E-state index in [4.69, 9.17) is 22.7 Å². The van der Waals surface area contributed by atoms with Crippen LogP contribution in [0.4, 0.5) is 0 Å². The highest BCUT2D eigenvalue weighted by Gasteiger charge is 2.04. The molecule has 0 radical (unpaired) electrons. The molecule has 0 saturated heterocycles. The second-order valence-corrected chi connectivity index (χ2v) is 4.78. The van der Waals surface area contributed by atoms with Gasteiger partial charge in [0.2, 0.25) is 0 Å². The molecule has 1 aromatic heterocycles. The molecule has 0 atom stereocenters. The zero-order chi connectivity index (χ0) is 13.0. The molecule has 0 spiro atoms. The van der Waals surface area contributed by atoms with E-state index in [0.29, 0.717) is 11.4 Å². The Labute approximate surface area is 115 Å². The Morgan fingerprint density at radius 1 is 1.28 bits per heavy atom. The summed E-state index contributed by atoms with van der Waals surface area (Å²) in [5.74, 6) is 1.48. The molecular formula is C13H12N2OS2. The summed E-state index contributed by atoms with van der Waals surface area (Å²) >= 11 is 6.48. The average Bonchev–Trinajstić information content (AvgIpc) is 2.40. The van der Waals surface area contributed by atoms with Gasteiger partial charge in [0.25, 0.3) is 0 Å². The van der Waals surface area contributed by atoms with Crippen LogP contribution in [0.25, 0.3) is 0 Å². The predicted octanol–water partition coefficient (Wildman–Crippen LogP) is 3.23. The van der Waals surface area contributed by atoms with Gasteiger partial charge in [0.05, 0.1) is 11.9 Å². The summed E-state index contributed by atoms with van der Waals surface area (Å²) in [6.07, 6.45) is 3.63. The molecule has 0 fully saturated rings. The van der Waals surface area contributed by atoms with Crippen molar-refractivity contribution in [3.63, 3.8) is 0 Å². The van der Waals surface area contributed by atoms with Crippen LogP contribution in [0.3, 0.4) is 0 Å². The highest BCUT2D eigenvalue weighted by Crippen LogP contribution is 2.30. The van der Waals surface area contributed by atoms with E-state index in [1.807, 2.05) is 30.5 Å². The number of hydrogen-bond donors (Lipinski definition) is 1. The van der Waals surface area contributed by atoms with Crippen LogP contribution in [-0.2, 0) is 0 Å². The molecule has 3 nitrogen and oxygen atoms in total. The zero-order valence-corrected chi connectivity index (χ0v) is 11.4. The standard InChI is InChI=1S/C13H12N2OS2/c1-18-12-5-3-2-4-11(12)16-9-6-7-10(13(14)17)15-8-9/h2-8H,1H3,(H2,14,17). The third-order valence-electron chi connectivity index (χ3n) is 2.29. The minimum absolute atomic E-state index is 0.283. The Hall–Kier alpha value is -1.59. The van der Waals surface area contributed by atoms with E-state index in [1.54, 1.807) is 30.1 Å². The van der Waals surface area contributed by atoms with Crippen LogP contribution in [0.2, 0.25) is 0 Å². The molecule has 2 N–H and O–H groups in total. The van der Waals surface area contributed by atoms with Crippen molar-refractivity contribution in [3.8, 4) is 11.5 Å². The summed E-state index contributed by atoms with van der Waals surface area (Å²) in [7, 11) is 0. The molecule has 0 aliphatic rings. The van der Waals surface area contributed by atoms with Gasteiger partial charge in [0.1, 0.15) is 16.5 Å². The fraction of sp³-hybridized carbons (Fsp3) is 0.0769. The molecule has 0 amide bonds. The van der Waals surface area contributed by atoms with Crippen LogP contribution in [0.5, 0.6) is 11.5 Å². The van der Waals surface area contributed by atoms with Crippen molar-refractivity contribution in [3.05, 3.63) is 48.3 Å². The molecule has 0 unspecified atom stereocenters. The number of nitrogens with zero attached hydrogens (tertiary/aromatic N) is 1. The van der Waals surface area contributed by atoms with Gasteiger partial charge in [0, 0.05) is 4.90 Å². The van der Waals surface area contributed by atoms with Crippen molar-refractivity contribution in [1.82, 2.24) is 4.98 Å². The summed E-state index contributed by atoms with van der Waals surface area (Å²) in [6, 6.07) is 11.4. The normalized spacial score (nSPS) is 10.1. The molecule has 0 bridgehead atoms. The van der Waals surface area contributed by atoms with E-state index >= 15 is 0 Å². The first kappa shape index (κ1) is 12.9. The minimum atomic E-state index is 0.283. The van der Waals surface area contributed by atoms with E-state index in [0.717, 1.165) is 10.6 Å². The lowest BCUT2D eigenvalue weighted by Gasteiger charge is -2.09. The fourth-order valence-electron chi connectivity index (χ4n) is 1.42. The van der Waals surface area contributed by atoms with E-state index < -0.39 is 0 Å². The van der Waals surface area contributed by atoms with Gasteiger partial charge in [-0.15, -0.1) is 11.8 Å². The second kappa shape index (κ2) is 5.84. The van der Waals surface area contributed by atoms with Crippen LogP contribution in [-0.4, -0.2) is 16.2 Å². The number of thioether (sulfide) groups is 1. The van der Waals surface area contributed by atoms with Crippen molar-refractivity contribution < 1.29 is 4.74 Å². The van der Waals surface area contributed by atoms with Gasteiger partial charge in [-0.2, -0.15) is 0 Å². The van der Waals surface area contributed by atoms with Crippen molar-refractivity contribution in [2.45, 2.75) is 4.90 Å². The van der Waals surface area contributed by atoms with E-state index in [9.17, 15) is 0 Å². The first-order chi connectivity index (χ1) is 8.70. The molecule has 92 valence electrons. The number of pyridine rings is 1. The highest BCUT2D eigenvalue weighted by atomic mass is 32.2. The lowest BCUT2D eigenvalue weighted by molar-refractivity contribution is 0.469. The summed E-state index contributed by atoms with van der Waals surface area (Å²) < 4.78 is 5.77. The molecule has 5 heteroatoms. The maximum Gasteiger partial charge on any atom is 0.145 e. The van der Waals surface area contributed by atoms with Gasteiger partial charge < -0.3 is 10.5 Å². The Bertz CT molecular complexity index is 555. The van der Waals surface area contributed by atoms with Crippen molar-refractivity contribution in [2.24, 2.45) is 5.73 Å². The first-order valence-corrected chi connectivity index (χ1v) is 6.90. The van der Waals surface area contributed by atoms with E-state index in [1.165, 1.54) is 0 Å². The van der Waals surface area contributed by atoms with Crippen LogP contribution in [0.1, 0.15) is 5.69 Å². The number of para-hydroxylation sites is 1. The number of hydrogen-bond acceptors (Lipinski definition) is 4. The third-order valence-corrected chi connectivity index (χ3v) is 3.27. The quantitative estimate of drug-likeness (QED) is 0.686. The number of aromatic nitrogens is 1. The number of thiocarbonyl (C=S) groups is 1. The van der Waals surface area contributed by atoms with Crippen molar-refractivity contribution >= 4 is 29.0 Å². The van der Waals surface area contributed by atoms with Crippen molar-refractivity contribution in [1.29, 1.82) is 0 Å². The number of benzene rings is 1. The largest absolute Gasteiger partial charge is 0.455 e. The van der Waals surface area contributed by atoms with E-state index in [-0.39, 0.29) is 4.99 Å². The third kappa shape index (κ3) is 3.00. The predicted molar refractivity (Wildman–Crippen MR) is 78.4 cm³/mol. The topological polar surface area (TPSA) is 48.1 Å². The fourth-order valence-corrected chi connectivity index (χ4v) is 2.06. The molecule has 2 aromatic rings. The Morgan fingerprint density at radius 3 is 2.67 bits per heavy atom. The lowest BCUT2D eigenvalue weighted by Crippen LogP contribution is -2.10. The van der Waals surface area contributed by atoms with Gasteiger partial charge in [-0.05, 0) is 30.5 Å². The van der Waals surface area contributed by atoms with Gasteiger partial charge >= 0.3 is 0 Å². The molecule has 1 aromatic carbocycles. The number of ether oxygens (including phenoxy) is 1. The van der Waals surface area contributed by atoms with Crippen LogP contribution in [0, 0.1) is 0 Å². The van der Waals surface area contributed by atoms with Crippen LogP contribution >= 0.6 is 24.0 Å². The minimum Gasteiger partial charge on any atom is -0.455 e. The van der Waals surface area contributed by atoms with E-state index in [2.05, 4.69) is 4.98 Å². The highest BCUT2D eigenvalue weighted by molar-refractivity contribution is 7.98. The molecule has 2 rings (SSSR count). The maximum atomic E-state index is 5.77. The Kier molecular flexibility index (Phi) is 4.17. The summed E-state index contributed by atoms with van der Waals surface area (Å²) in [5, 5.41) is 0. The molecule has 1 heterocycles. The van der Waals surface area contributed by atoms with Crippen LogP contribution < -0.4 is 10.5 Å². The monoisotopic (exact) mass is 276 g/mol. The molecule has 18 heavy (non-hydrogen) atoms. The van der Waals surface area contributed by atoms with Gasteiger partial charge in [0.15, 0.2) is 0 Å². The maximum absolute atomic E-state index is 5.77. The lowest BCUT2D eigenvalue weighted by atomic mass is 10.3. The Balaban J connectivity index is 2.21. The van der Waals surface area contributed by atoms with Gasteiger partial charge in [-0.3, -0.25) is 0 Å². The number of rotatable bonds is 4.